The highest BCUT2D eigenvalue weighted by molar-refractivity contribution is 7.92. The number of hydrogen-bond acceptors (Lipinski definition) is 5. The van der Waals surface area contributed by atoms with Crippen molar-refractivity contribution in [2.75, 3.05) is 18.9 Å². The fraction of sp³-hybridized carbons (Fsp3) is 0.0952. The molecule has 3 aromatic carbocycles. The summed E-state index contributed by atoms with van der Waals surface area (Å²) in [4.78, 5) is 11.1. The van der Waals surface area contributed by atoms with Gasteiger partial charge in [0.15, 0.2) is 5.75 Å². The second-order valence-corrected chi connectivity index (χ2v) is 8.26. The molecule has 156 valence electrons. The number of nitrogens with one attached hydrogen (secondary N) is 1. The number of ether oxygens (including phenoxy) is 2. The van der Waals surface area contributed by atoms with Crippen LogP contribution in [0.5, 0.6) is 11.5 Å². The lowest BCUT2D eigenvalue weighted by Crippen LogP contribution is -2.16. The van der Waals surface area contributed by atoms with Crippen LogP contribution in [0.1, 0.15) is 10.4 Å². The van der Waals surface area contributed by atoms with Crippen LogP contribution in [0.4, 0.5) is 5.69 Å². The molecule has 0 aliphatic carbocycles. The van der Waals surface area contributed by atoms with Crippen molar-refractivity contribution in [1.82, 2.24) is 0 Å². The Balaban J connectivity index is 2.11. The third-order valence-corrected chi connectivity index (χ3v) is 5.88. The SMILES string of the molecule is COc1ccc(-c2ccccc2)cc1NS(=O)(=O)c1cc(Cl)cc(C(=O)O)c1OC. The number of sulfonamides is 1. The zero-order valence-electron chi connectivity index (χ0n) is 16.0. The van der Waals surface area contributed by atoms with E-state index in [-0.39, 0.29) is 27.8 Å². The molecule has 3 aromatic rings. The lowest BCUT2D eigenvalue weighted by atomic mass is 10.1. The van der Waals surface area contributed by atoms with Gasteiger partial charge >= 0.3 is 5.97 Å². The summed E-state index contributed by atoms with van der Waals surface area (Å²) in [5.74, 6) is -1.40. The predicted molar refractivity (Wildman–Crippen MR) is 114 cm³/mol. The van der Waals surface area contributed by atoms with Crippen LogP contribution in [0.3, 0.4) is 0 Å². The number of methoxy groups -OCH3 is 2. The number of rotatable bonds is 7. The van der Waals surface area contributed by atoms with Gasteiger partial charge in [0, 0.05) is 5.02 Å². The number of aromatic carboxylic acids is 1. The van der Waals surface area contributed by atoms with E-state index in [1.807, 2.05) is 30.3 Å². The van der Waals surface area contributed by atoms with Crippen molar-refractivity contribution in [1.29, 1.82) is 0 Å². The van der Waals surface area contributed by atoms with Gasteiger partial charge in [-0.15, -0.1) is 0 Å². The van der Waals surface area contributed by atoms with Gasteiger partial charge in [-0.05, 0) is 35.4 Å². The molecule has 7 nitrogen and oxygen atoms in total. The topological polar surface area (TPSA) is 102 Å². The van der Waals surface area contributed by atoms with Gasteiger partial charge in [0.1, 0.15) is 16.2 Å². The number of carboxylic acid groups (broad SMARTS) is 1. The summed E-state index contributed by atoms with van der Waals surface area (Å²) in [7, 11) is -1.67. The maximum absolute atomic E-state index is 13.1. The minimum atomic E-state index is -4.27. The smallest absolute Gasteiger partial charge is 0.339 e. The van der Waals surface area contributed by atoms with Crippen LogP contribution in [0.15, 0.2) is 65.6 Å². The Hall–Kier alpha value is -3.23. The lowest BCUT2D eigenvalue weighted by molar-refractivity contribution is 0.0693. The minimum Gasteiger partial charge on any atom is -0.495 e. The molecule has 2 N–H and O–H groups in total. The molecule has 0 fully saturated rings. The zero-order valence-corrected chi connectivity index (χ0v) is 17.6. The molecule has 0 aromatic heterocycles. The predicted octanol–water partition coefficient (Wildman–Crippen LogP) is 4.52. The minimum absolute atomic E-state index is 0.0569. The second-order valence-electron chi connectivity index (χ2n) is 6.18. The lowest BCUT2D eigenvalue weighted by Gasteiger charge is -2.16. The number of hydrogen-bond donors (Lipinski definition) is 2. The summed E-state index contributed by atoms with van der Waals surface area (Å²) in [6, 6.07) is 16.7. The summed E-state index contributed by atoms with van der Waals surface area (Å²) in [5, 5.41) is 9.31. The molecule has 0 atom stereocenters. The Labute approximate surface area is 178 Å². The van der Waals surface area contributed by atoms with Crippen LogP contribution < -0.4 is 14.2 Å². The molecular formula is C21H18ClNO6S. The Morgan fingerprint density at radius 1 is 0.967 bits per heavy atom. The van der Waals surface area contributed by atoms with Crippen LogP contribution in [0.2, 0.25) is 5.02 Å². The van der Waals surface area contributed by atoms with Crippen LogP contribution in [-0.2, 0) is 10.0 Å². The maximum Gasteiger partial charge on any atom is 0.339 e. The van der Waals surface area contributed by atoms with Gasteiger partial charge in [0.25, 0.3) is 10.0 Å². The molecule has 3 rings (SSSR count). The Kier molecular flexibility index (Phi) is 6.19. The molecule has 0 unspecified atom stereocenters. The summed E-state index contributed by atoms with van der Waals surface area (Å²) in [6.45, 7) is 0. The molecule has 0 saturated heterocycles. The van der Waals surface area contributed by atoms with Crippen molar-refractivity contribution in [3.8, 4) is 22.6 Å². The third kappa shape index (κ3) is 4.34. The number of halogens is 1. The maximum atomic E-state index is 13.1. The fourth-order valence-electron chi connectivity index (χ4n) is 2.94. The number of carboxylic acids is 1. The van der Waals surface area contributed by atoms with E-state index in [0.29, 0.717) is 0 Å². The second kappa shape index (κ2) is 8.64. The zero-order chi connectivity index (χ0) is 21.9. The first kappa shape index (κ1) is 21.5. The van der Waals surface area contributed by atoms with Gasteiger partial charge in [-0.3, -0.25) is 4.72 Å². The molecule has 0 bridgehead atoms. The monoisotopic (exact) mass is 447 g/mol. The van der Waals surface area contributed by atoms with E-state index in [4.69, 9.17) is 21.1 Å². The van der Waals surface area contributed by atoms with Gasteiger partial charge in [0.05, 0.1) is 19.9 Å². The van der Waals surface area contributed by atoms with Crippen molar-refractivity contribution in [2.24, 2.45) is 0 Å². The van der Waals surface area contributed by atoms with E-state index < -0.39 is 20.9 Å². The van der Waals surface area contributed by atoms with Crippen molar-refractivity contribution in [2.45, 2.75) is 4.90 Å². The first-order chi connectivity index (χ1) is 14.3. The number of carbonyl (C=O) groups is 1. The molecule has 9 heteroatoms. The molecule has 0 spiro atoms. The van der Waals surface area contributed by atoms with E-state index in [1.165, 1.54) is 14.2 Å². The molecular weight excluding hydrogens is 430 g/mol. The van der Waals surface area contributed by atoms with Gasteiger partial charge < -0.3 is 14.6 Å². The summed E-state index contributed by atoms with van der Waals surface area (Å²) >= 11 is 5.96. The molecule has 0 radical (unpaired) electrons. The Bertz CT molecular complexity index is 1200. The first-order valence-electron chi connectivity index (χ1n) is 8.64. The highest BCUT2D eigenvalue weighted by Gasteiger charge is 2.27. The van der Waals surface area contributed by atoms with E-state index >= 15 is 0 Å². The molecule has 0 saturated carbocycles. The van der Waals surface area contributed by atoms with Crippen molar-refractivity contribution in [3.05, 3.63) is 71.2 Å². The quantitative estimate of drug-likeness (QED) is 0.552. The highest BCUT2D eigenvalue weighted by Crippen LogP contribution is 2.36. The average molecular weight is 448 g/mol. The molecule has 0 amide bonds. The largest absolute Gasteiger partial charge is 0.495 e. The average Bonchev–Trinajstić information content (AvgIpc) is 2.73. The van der Waals surface area contributed by atoms with Crippen molar-refractivity contribution < 1.29 is 27.8 Å². The molecule has 0 aliphatic heterocycles. The Morgan fingerprint density at radius 3 is 2.27 bits per heavy atom. The van der Waals surface area contributed by atoms with Gasteiger partial charge in [-0.25, -0.2) is 13.2 Å². The first-order valence-corrected chi connectivity index (χ1v) is 10.5. The van der Waals surface area contributed by atoms with Crippen LogP contribution in [0, 0.1) is 0 Å². The van der Waals surface area contributed by atoms with E-state index in [1.54, 1.807) is 18.2 Å². The van der Waals surface area contributed by atoms with Crippen molar-refractivity contribution >= 4 is 33.3 Å². The normalized spacial score (nSPS) is 11.0. The highest BCUT2D eigenvalue weighted by atomic mass is 35.5. The van der Waals surface area contributed by atoms with Crippen molar-refractivity contribution in [3.63, 3.8) is 0 Å². The molecule has 0 heterocycles. The van der Waals surface area contributed by atoms with E-state index in [2.05, 4.69) is 4.72 Å². The van der Waals surface area contributed by atoms with Gasteiger partial charge in [-0.1, -0.05) is 48.0 Å². The van der Waals surface area contributed by atoms with Gasteiger partial charge in [-0.2, -0.15) is 0 Å². The summed E-state index contributed by atoms with van der Waals surface area (Å²) in [6.07, 6.45) is 0. The summed E-state index contributed by atoms with van der Waals surface area (Å²) < 4.78 is 39.1. The van der Waals surface area contributed by atoms with E-state index in [0.717, 1.165) is 23.3 Å². The standard InChI is InChI=1S/C21H18ClNO6S/c1-28-18-9-8-14(13-6-4-3-5-7-13)10-17(18)23-30(26,27)19-12-15(22)11-16(21(24)25)20(19)29-2/h3-12,23H,1-2H3,(H,24,25). The van der Waals surface area contributed by atoms with Gasteiger partial charge in [0.2, 0.25) is 0 Å². The fourth-order valence-corrected chi connectivity index (χ4v) is 4.50. The van der Waals surface area contributed by atoms with Crippen LogP contribution >= 0.6 is 11.6 Å². The molecule has 0 aliphatic rings. The Morgan fingerprint density at radius 2 is 1.67 bits per heavy atom. The van der Waals surface area contributed by atoms with Crippen LogP contribution in [-0.4, -0.2) is 33.7 Å². The summed E-state index contributed by atoms with van der Waals surface area (Å²) in [5.41, 5.74) is 1.46. The third-order valence-electron chi connectivity index (χ3n) is 4.29. The number of anilines is 1. The number of benzene rings is 3. The molecule has 30 heavy (non-hydrogen) atoms. The van der Waals surface area contributed by atoms with Crippen LogP contribution in [0.25, 0.3) is 11.1 Å². The van der Waals surface area contributed by atoms with E-state index in [9.17, 15) is 18.3 Å².